The van der Waals surface area contributed by atoms with E-state index in [1.54, 1.807) is 0 Å². The number of benzene rings is 2. The summed E-state index contributed by atoms with van der Waals surface area (Å²) in [6.45, 7) is 0.586. The molecule has 3 atom stereocenters. The van der Waals surface area contributed by atoms with Gasteiger partial charge in [-0.2, -0.15) is 0 Å². The average molecular weight is 535 g/mol. The van der Waals surface area contributed by atoms with E-state index >= 15 is 13.2 Å². The van der Waals surface area contributed by atoms with Crippen LogP contribution >= 0.6 is 11.6 Å². The molecule has 0 aliphatic carbocycles. The third kappa shape index (κ3) is 5.18. The molecule has 2 heterocycles. The minimum Gasteiger partial charge on any atom is -0.368 e. The Morgan fingerprint density at radius 3 is 2.57 bits per heavy atom. The molecule has 190 valence electrons. The van der Waals surface area contributed by atoms with Crippen LogP contribution in [0.4, 0.5) is 17.6 Å². The van der Waals surface area contributed by atoms with Gasteiger partial charge in [0.25, 0.3) is 11.8 Å². The zero-order chi connectivity index (χ0) is 25.5. The first-order chi connectivity index (χ1) is 16.4. The number of carbonyl (C=O) groups excluding carboxylic acids is 1. The lowest BCUT2D eigenvalue weighted by Crippen LogP contribution is -2.54. The lowest BCUT2D eigenvalue weighted by Gasteiger charge is -2.34. The number of hydrogen-bond donors (Lipinski definition) is 1. The van der Waals surface area contributed by atoms with Crippen LogP contribution < -0.4 is 4.72 Å². The Morgan fingerprint density at radius 1 is 1.26 bits per heavy atom. The van der Waals surface area contributed by atoms with Crippen molar-refractivity contribution in [2.45, 2.75) is 43.9 Å². The number of amides is 1. The Bertz CT molecular complexity index is 1240. The Kier molecular flexibility index (Phi) is 7.16. The summed E-state index contributed by atoms with van der Waals surface area (Å²) in [5.74, 6) is -6.18. The van der Waals surface area contributed by atoms with E-state index in [4.69, 9.17) is 16.3 Å². The molecule has 2 aliphatic heterocycles. The van der Waals surface area contributed by atoms with Crippen LogP contribution in [-0.2, 0) is 26.0 Å². The molecule has 0 saturated carbocycles. The lowest BCUT2D eigenvalue weighted by atomic mass is 9.95. The van der Waals surface area contributed by atoms with Crippen molar-refractivity contribution in [2.24, 2.45) is 0 Å². The van der Waals surface area contributed by atoms with Gasteiger partial charge >= 0.3 is 0 Å². The lowest BCUT2D eigenvalue weighted by molar-refractivity contribution is -0.158. The second kappa shape index (κ2) is 9.68. The normalized spacial score (nSPS) is 23.8. The van der Waals surface area contributed by atoms with Gasteiger partial charge in [0.15, 0.2) is 0 Å². The first-order valence-corrected chi connectivity index (χ1v) is 13.0. The molecule has 6 nitrogen and oxygen atoms in total. The minimum absolute atomic E-state index is 0.0151. The summed E-state index contributed by atoms with van der Waals surface area (Å²) >= 11 is 5.82. The Hall–Kier alpha value is -2.21. The average Bonchev–Trinajstić information content (AvgIpc) is 3.00. The molecule has 1 N–H and O–H groups in total. The second-order valence-electron chi connectivity index (χ2n) is 8.55. The first kappa shape index (κ1) is 25.9. The number of rotatable bonds is 7. The van der Waals surface area contributed by atoms with E-state index in [0.29, 0.717) is 13.0 Å². The molecule has 2 aliphatic rings. The van der Waals surface area contributed by atoms with Crippen LogP contribution in [0.3, 0.4) is 0 Å². The fraction of sp³-hybridized carbons (Fsp3) is 0.435. The van der Waals surface area contributed by atoms with Crippen LogP contribution in [0, 0.1) is 11.6 Å². The molecule has 0 radical (unpaired) electrons. The number of carbonyl (C=O) groups is 1. The van der Waals surface area contributed by atoms with Gasteiger partial charge in [-0.05, 0) is 36.6 Å². The molecule has 0 bridgehead atoms. The number of alkyl halides is 2. The third-order valence-corrected chi connectivity index (χ3v) is 7.97. The highest BCUT2D eigenvalue weighted by Gasteiger charge is 2.58. The zero-order valence-corrected chi connectivity index (χ0v) is 20.2. The Labute approximate surface area is 205 Å². The van der Waals surface area contributed by atoms with Crippen LogP contribution in [0.2, 0.25) is 5.02 Å². The maximum Gasteiger partial charge on any atom is 0.283 e. The van der Waals surface area contributed by atoms with E-state index in [0.717, 1.165) is 11.0 Å². The minimum atomic E-state index is -4.07. The summed E-state index contributed by atoms with van der Waals surface area (Å²) < 4.78 is 90.8. The molecule has 35 heavy (non-hydrogen) atoms. The van der Waals surface area contributed by atoms with Crippen molar-refractivity contribution < 1.29 is 35.5 Å². The molecule has 4 rings (SSSR count). The van der Waals surface area contributed by atoms with Gasteiger partial charge in [0.2, 0.25) is 10.0 Å². The van der Waals surface area contributed by atoms with E-state index in [2.05, 4.69) is 0 Å². The van der Waals surface area contributed by atoms with Crippen molar-refractivity contribution in [1.82, 2.24) is 9.62 Å². The summed E-state index contributed by atoms with van der Waals surface area (Å²) in [6.07, 6.45) is -0.930. The highest BCUT2D eigenvalue weighted by Crippen LogP contribution is 2.37. The van der Waals surface area contributed by atoms with Gasteiger partial charge in [-0.1, -0.05) is 35.9 Å². The summed E-state index contributed by atoms with van der Waals surface area (Å²) in [7, 11) is -4.07. The first-order valence-electron chi connectivity index (χ1n) is 11.0. The van der Waals surface area contributed by atoms with Crippen molar-refractivity contribution in [2.75, 3.05) is 18.9 Å². The number of likely N-dealkylation sites (tertiary alicyclic amines) is 1. The second-order valence-corrected chi connectivity index (χ2v) is 11.0. The van der Waals surface area contributed by atoms with Crippen molar-refractivity contribution in [3.05, 3.63) is 58.6 Å². The molecule has 2 aromatic carbocycles. The van der Waals surface area contributed by atoms with Gasteiger partial charge < -0.3 is 9.64 Å². The highest BCUT2D eigenvalue weighted by molar-refractivity contribution is 7.89. The van der Waals surface area contributed by atoms with Gasteiger partial charge in [-0.15, -0.1) is 0 Å². The van der Waals surface area contributed by atoms with Crippen LogP contribution in [-0.4, -0.2) is 62.2 Å². The fourth-order valence-electron chi connectivity index (χ4n) is 4.28. The molecule has 2 aromatic rings. The van der Waals surface area contributed by atoms with Crippen LogP contribution in [0.5, 0.6) is 0 Å². The summed E-state index contributed by atoms with van der Waals surface area (Å²) in [6, 6.07) is 4.60. The smallest absolute Gasteiger partial charge is 0.283 e. The molecule has 12 heteroatoms. The van der Waals surface area contributed by atoms with E-state index in [-0.39, 0.29) is 28.1 Å². The molecule has 0 spiro atoms. The predicted octanol–water partition coefficient (Wildman–Crippen LogP) is 3.77. The van der Waals surface area contributed by atoms with E-state index in [1.807, 2.05) is 4.72 Å². The van der Waals surface area contributed by atoms with Crippen molar-refractivity contribution in [3.63, 3.8) is 0 Å². The topological polar surface area (TPSA) is 75.7 Å². The van der Waals surface area contributed by atoms with Crippen LogP contribution in [0.1, 0.15) is 18.9 Å². The largest absolute Gasteiger partial charge is 0.368 e. The molecular formula is C23H23ClF4N2O4S. The number of sulfonamides is 1. The molecule has 0 unspecified atom stereocenters. The Balaban J connectivity index is 1.72. The summed E-state index contributed by atoms with van der Waals surface area (Å²) in [4.78, 5) is 13.8. The Morgan fingerprint density at radius 2 is 1.97 bits per heavy atom. The highest BCUT2D eigenvalue weighted by atomic mass is 35.5. The standard InChI is InChI=1S/C23H23ClF4N2O4S/c1-2-35(32,33)29-21-18(30(12-23(21,27)28)22(31)19-8-9-34-19)11-14-4-3-5-15(20(14)26)13-6-7-17(25)16(24)10-13/h3-7,10,18-19,21,29H,2,8-9,11-12H2,1H3/t18-,19+,21+/m0/s1. The zero-order valence-electron chi connectivity index (χ0n) is 18.6. The van der Waals surface area contributed by atoms with Crippen molar-refractivity contribution in [1.29, 1.82) is 0 Å². The number of hydrogen-bond acceptors (Lipinski definition) is 4. The van der Waals surface area contributed by atoms with Crippen LogP contribution in [0.15, 0.2) is 36.4 Å². The fourth-order valence-corrected chi connectivity index (χ4v) is 5.34. The maximum absolute atomic E-state index is 15.5. The van der Waals surface area contributed by atoms with Gasteiger partial charge in [-0.3, -0.25) is 4.79 Å². The van der Waals surface area contributed by atoms with E-state index in [1.165, 1.54) is 37.3 Å². The third-order valence-electron chi connectivity index (χ3n) is 6.30. The van der Waals surface area contributed by atoms with Gasteiger partial charge in [0.05, 0.1) is 30.0 Å². The monoisotopic (exact) mass is 534 g/mol. The molecule has 2 saturated heterocycles. The molecular weight excluding hydrogens is 512 g/mol. The van der Waals surface area contributed by atoms with Crippen molar-refractivity contribution >= 4 is 27.5 Å². The van der Waals surface area contributed by atoms with Crippen molar-refractivity contribution in [3.8, 4) is 11.1 Å². The number of nitrogens with zero attached hydrogens (tertiary/aromatic N) is 1. The summed E-state index contributed by atoms with van der Waals surface area (Å²) in [5, 5.41) is -0.214. The maximum atomic E-state index is 15.5. The summed E-state index contributed by atoms with van der Waals surface area (Å²) in [5.41, 5.74) is 0.310. The van der Waals surface area contributed by atoms with Crippen LogP contribution in [0.25, 0.3) is 11.1 Å². The van der Waals surface area contributed by atoms with E-state index < -0.39 is 64.0 Å². The SMILES string of the molecule is CCS(=O)(=O)N[C@@H]1[C@H](Cc2cccc(-c3ccc(F)c(Cl)c3)c2F)N(C(=O)[C@H]2CCO2)CC1(F)F. The van der Waals surface area contributed by atoms with Gasteiger partial charge in [-0.25, -0.2) is 30.7 Å². The van der Waals surface area contributed by atoms with E-state index in [9.17, 15) is 17.6 Å². The molecule has 0 aromatic heterocycles. The molecule has 2 fully saturated rings. The molecule has 1 amide bonds. The predicted molar refractivity (Wildman–Crippen MR) is 122 cm³/mol. The quantitative estimate of drug-likeness (QED) is 0.549. The number of ether oxygens (including phenoxy) is 1. The number of halogens is 5. The number of nitrogens with one attached hydrogen (secondary N) is 1. The van der Waals surface area contributed by atoms with Gasteiger partial charge in [0, 0.05) is 12.0 Å². The van der Waals surface area contributed by atoms with Gasteiger partial charge in [0.1, 0.15) is 23.8 Å².